The molecule has 26 heavy (non-hydrogen) atoms. The molecule has 0 aliphatic rings. The van der Waals surface area contributed by atoms with Crippen LogP contribution in [0.25, 0.3) is 0 Å². The van der Waals surface area contributed by atoms with E-state index in [1.165, 1.54) is 0 Å². The molecule has 0 saturated heterocycles. The van der Waals surface area contributed by atoms with Gasteiger partial charge in [-0.25, -0.2) is 0 Å². The summed E-state index contributed by atoms with van der Waals surface area (Å²) in [6.07, 6.45) is 0.431. The number of hydrogen-bond acceptors (Lipinski definition) is 2. The monoisotopic (exact) mass is 346 g/mol. The van der Waals surface area contributed by atoms with Crippen molar-refractivity contribution < 1.29 is 14.6 Å². The number of rotatable bonds is 7. The van der Waals surface area contributed by atoms with E-state index in [1.807, 2.05) is 85.8 Å². The molecule has 3 aromatic rings. The van der Waals surface area contributed by atoms with Gasteiger partial charge < -0.3 is 9.84 Å². The fourth-order valence-corrected chi connectivity index (χ4v) is 2.89. The zero-order valence-corrected chi connectivity index (χ0v) is 14.8. The Labute approximate surface area is 153 Å². The number of carboxylic acid groups (broad SMARTS) is 1. The molecule has 1 atom stereocenters. The van der Waals surface area contributed by atoms with Gasteiger partial charge in [-0.05, 0) is 42.2 Å². The lowest BCUT2D eigenvalue weighted by Crippen LogP contribution is -2.14. The first-order chi connectivity index (χ1) is 12.6. The highest BCUT2D eigenvalue weighted by Crippen LogP contribution is 2.24. The molecule has 1 N–H and O–H groups in total. The lowest BCUT2D eigenvalue weighted by Gasteiger charge is -2.14. The normalized spacial score (nSPS) is 11.7. The molecule has 0 spiro atoms. The molecular weight excluding hydrogens is 324 g/mol. The van der Waals surface area contributed by atoms with Gasteiger partial charge in [-0.2, -0.15) is 0 Å². The molecule has 0 aliphatic carbocycles. The lowest BCUT2D eigenvalue weighted by molar-refractivity contribution is -0.138. The fourth-order valence-electron chi connectivity index (χ4n) is 2.89. The van der Waals surface area contributed by atoms with Gasteiger partial charge in [-0.15, -0.1) is 0 Å². The first kappa shape index (κ1) is 17.7. The van der Waals surface area contributed by atoms with Gasteiger partial charge >= 0.3 is 5.97 Å². The summed E-state index contributed by atoms with van der Waals surface area (Å²) in [7, 11) is 0. The van der Waals surface area contributed by atoms with Gasteiger partial charge in [-0.1, -0.05) is 72.3 Å². The Morgan fingerprint density at radius 2 is 1.62 bits per heavy atom. The van der Waals surface area contributed by atoms with Crippen LogP contribution in [-0.2, 0) is 17.8 Å². The molecule has 0 saturated carbocycles. The summed E-state index contributed by atoms with van der Waals surface area (Å²) in [5.41, 5.74) is 3.98. The molecule has 132 valence electrons. The van der Waals surface area contributed by atoms with E-state index in [-0.39, 0.29) is 0 Å². The Kier molecular flexibility index (Phi) is 5.69. The second-order valence-corrected chi connectivity index (χ2v) is 6.43. The number of ether oxygens (including phenoxy) is 1. The molecule has 1 unspecified atom stereocenters. The summed E-state index contributed by atoms with van der Waals surface area (Å²) >= 11 is 0. The van der Waals surface area contributed by atoms with Crippen LogP contribution in [-0.4, -0.2) is 11.1 Å². The Morgan fingerprint density at radius 3 is 2.31 bits per heavy atom. The van der Waals surface area contributed by atoms with Crippen LogP contribution in [0.15, 0.2) is 78.9 Å². The second kappa shape index (κ2) is 8.34. The average molecular weight is 346 g/mol. The fraction of sp³-hybridized carbons (Fsp3) is 0.174. The summed E-state index contributed by atoms with van der Waals surface area (Å²) in [5.74, 6) is -0.635. The largest absolute Gasteiger partial charge is 0.489 e. The average Bonchev–Trinajstić information content (AvgIpc) is 2.66. The highest BCUT2D eigenvalue weighted by Gasteiger charge is 2.20. The van der Waals surface area contributed by atoms with Crippen LogP contribution < -0.4 is 4.74 Å². The van der Waals surface area contributed by atoms with E-state index in [0.717, 1.165) is 28.0 Å². The minimum atomic E-state index is -0.815. The number of benzene rings is 3. The van der Waals surface area contributed by atoms with Crippen LogP contribution in [0.5, 0.6) is 5.75 Å². The molecule has 0 amide bonds. The predicted octanol–water partition coefficient (Wildman–Crippen LogP) is 4.98. The van der Waals surface area contributed by atoms with E-state index in [0.29, 0.717) is 13.0 Å². The zero-order chi connectivity index (χ0) is 18.4. The van der Waals surface area contributed by atoms with Crippen LogP contribution in [0.2, 0.25) is 0 Å². The summed E-state index contributed by atoms with van der Waals surface area (Å²) < 4.78 is 5.85. The zero-order valence-electron chi connectivity index (χ0n) is 14.8. The third kappa shape index (κ3) is 4.73. The summed E-state index contributed by atoms with van der Waals surface area (Å²) in [6, 6.07) is 25.3. The van der Waals surface area contributed by atoms with Gasteiger partial charge in [0.1, 0.15) is 12.4 Å². The maximum atomic E-state index is 11.8. The van der Waals surface area contributed by atoms with Gasteiger partial charge in [-0.3, -0.25) is 4.79 Å². The Hall–Kier alpha value is -3.07. The highest BCUT2D eigenvalue weighted by molar-refractivity contribution is 5.76. The topological polar surface area (TPSA) is 46.5 Å². The maximum Gasteiger partial charge on any atom is 0.311 e. The van der Waals surface area contributed by atoms with Gasteiger partial charge in [0.25, 0.3) is 0 Å². The number of aryl methyl sites for hydroxylation is 1. The van der Waals surface area contributed by atoms with E-state index in [2.05, 4.69) is 0 Å². The maximum absolute atomic E-state index is 11.8. The molecule has 3 rings (SSSR count). The molecule has 3 aromatic carbocycles. The van der Waals surface area contributed by atoms with Crippen molar-refractivity contribution in [3.8, 4) is 5.75 Å². The van der Waals surface area contributed by atoms with Gasteiger partial charge in [0, 0.05) is 0 Å². The predicted molar refractivity (Wildman–Crippen MR) is 102 cm³/mol. The van der Waals surface area contributed by atoms with Crippen molar-refractivity contribution in [1.29, 1.82) is 0 Å². The second-order valence-electron chi connectivity index (χ2n) is 6.43. The van der Waals surface area contributed by atoms with Crippen molar-refractivity contribution in [3.63, 3.8) is 0 Å². The molecule has 0 aromatic heterocycles. The molecular formula is C23H22O3. The molecule has 3 heteroatoms. The van der Waals surface area contributed by atoms with Crippen LogP contribution in [0.4, 0.5) is 0 Å². The van der Waals surface area contributed by atoms with Crippen LogP contribution in [0, 0.1) is 6.92 Å². The summed E-state index contributed by atoms with van der Waals surface area (Å²) in [6.45, 7) is 2.48. The smallest absolute Gasteiger partial charge is 0.311 e. The van der Waals surface area contributed by atoms with Crippen LogP contribution in [0.1, 0.15) is 28.2 Å². The summed E-state index contributed by atoms with van der Waals surface area (Å²) in [5, 5.41) is 9.65. The summed E-state index contributed by atoms with van der Waals surface area (Å²) in [4.78, 5) is 11.8. The van der Waals surface area contributed by atoms with Gasteiger partial charge in [0.2, 0.25) is 0 Å². The van der Waals surface area contributed by atoms with E-state index in [1.54, 1.807) is 0 Å². The molecule has 0 fully saturated rings. The molecule has 0 bridgehead atoms. The van der Waals surface area contributed by atoms with Crippen molar-refractivity contribution in [2.24, 2.45) is 0 Å². The molecule has 0 aliphatic heterocycles. The highest BCUT2D eigenvalue weighted by atomic mass is 16.5. The van der Waals surface area contributed by atoms with E-state index in [9.17, 15) is 9.90 Å². The Morgan fingerprint density at radius 1 is 0.923 bits per heavy atom. The quantitative estimate of drug-likeness (QED) is 0.656. The van der Waals surface area contributed by atoms with Gasteiger partial charge in [0.05, 0.1) is 5.92 Å². The SMILES string of the molecule is Cc1ccc(C(Cc2cccc(OCc3ccccc3)c2)C(=O)O)cc1. The van der Waals surface area contributed by atoms with Crippen molar-refractivity contribution >= 4 is 5.97 Å². The lowest BCUT2D eigenvalue weighted by atomic mass is 9.91. The van der Waals surface area contributed by atoms with Crippen molar-refractivity contribution in [2.45, 2.75) is 25.9 Å². The Balaban J connectivity index is 1.72. The van der Waals surface area contributed by atoms with Crippen molar-refractivity contribution in [2.75, 3.05) is 0 Å². The number of aliphatic carboxylic acids is 1. The van der Waals surface area contributed by atoms with Gasteiger partial charge in [0.15, 0.2) is 0 Å². The van der Waals surface area contributed by atoms with Crippen molar-refractivity contribution in [1.82, 2.24) is 0 Å². The first-order valence-corrected chi connectivity index (χ1v) is 8.67. The van der Waals surface area contributed by atoms with E-state index < -0.39 is 11.9 Å². The number of hydrogen-bond donors (Lipinski definition) is 1. The first-order valence-electron chi connectivity index (χ1n) is 8.67. The van der Waals surface area contributed by atoms with Crippen LogP contribution in [0.3, 0.4) is 0 Å². The molecule has 3 nitrogen and oxygen atoms in total. The van der Waals surface area contributed by atoms with Crippen molar-refractivity contribution in [3.05, 3.63) is 101 Å². The van der Waals surface area contributed by atoms with E-state index in [4.69, 9.17) is 4.74 Å². The number of carboxylic acids is 1. The number of carbonyl (C=O) groups is 1. The van der Waals surface area contributed by atoms with Crippen LogP contribution >= 0.6 is 0 Å². The standard InChI is InChI=1S/C23H22O3/c1-17-10-12-20(13-11-17)22(23(24)25)15-19-8-5-9-21(14-19)26-16-18-6-3-2-4-7-18/h2-14,22H,15-16H2,1H3,(H,24,25). The minimum Gasteiger partial charge on any atom is -0.489 e. The third-order valence-electron chi connectivity index (χ3n) is 4.36. The Bertz CT molecular complexity index is 854. The third-order valence-corrected chi connectivity index (χ3v) is 4.36. The minimum absolute atomic E-state index is 0.431. The van der Waals surface area contributed by atoms with E-state index >= 15 is 0 Å². The molecule has 0 radical (unpaired) electrons. The molecule has 0 heterocycles.